The number of para-hydroxylation sites is 3. The summed E-state index contributed by atoms with van der Waals surface area (Å²) < 4.78 is 13.4. The molecule has 0 aliphatic carbocycles. The molecule has 0 spiro atoms. The average Bonchev–Trinajstić information content (AvgIpc) is 3.29. The maximum Gasteiger partial charge on any atom is 0.258 e. The molecule has 37 heavy (non-hydrogen) atoms. The van der Waals surface area contributed by atoms with Gasteiger partial charge in [-0.25, -0.2) is 0 Å². The minimum absolute atomic E-state index is 0.0269. The highest BCUT2D eigenvalue weighted by atomic mass is 16.5. The Kier molecular flexibility index (Phi) is 5.84. The predicted octanol–water partition coefficient (Wildman–Crippen LogP) is 7.23. The lowest BCUT2D eigenvalue weighted by Gasteiger charge is -2.41. The molecular weight excluding hydrogens is 460 g/mol. The third-order valence-corrected chi connectivity index (χ3v) is 7.67. The Bertz CT molecular complexity index is 1570. The van der Waals surface area contributed by atoms with E-state index >= 15 is 0 Å². The molecule has 0 fully saturated rings. The first kappa shape index (κ1) is 23.2. The van der Waals surface area contributed by atoms with Crippen LogP contribution in [0.5, 0.6) is 11.5 Å². The van der Waals surface area contributed by atoms with Gasteiger partial charge in [-0.15, -0.1) is 0 Å². The van der Waals surface area contributed by atoms with Crippen LogP contribution in [-0.4, -0.2) is 30.7 Å². The van der Waals surface area contributed by atoms with Crippen molar-refractivity contribution >= 4 is 33.4 Å². The molecule has 0 N–H and O–H groups in total. The van der Waals surface area contributed by atoms with E-state index in [2.05, 4.69) is 78.2 Å². The van der Waals surface area contributed by atoms with Crippen molar-refractivity contribution in [3.05, 3.63) is 102 Å². The van der Waals surface area contributed by atoms with Crippen LogP contribution >= 0.6 is 0 Å². The first-order valence-corrected chi connectivity index (χ1v) is 12.8. The van der Waals surface area contributed by atoms with E-state index < -0.39 is 0 Å². The molecule has 2 heterocycles. The van der Waals surface area contributed by atoms with Gasteiger partial charge in [-0.1, -0.05) is 61.5 Å². The summed E-state index contributed by atoms with van der Waals surface area (Å²) in [4.78, 5) is 16.0. The Morgan fingerprint density at radius 3 is 2.08 bits per heavy atom. The number of carbonyl (C=O) groups is 1. The zero-order valence-electron chi connectivity index (χ0n) is 21.3. The molecule has 5 aromatic rings. The molecule has 4 aromatic carbocycles. The molecule has 6 rings (SSSR count). The zero-order chi connectivity index (χ0) is 25.5. The molecule has 5 heteroatoms. The number of benzene rings is 4. The van der Waals surface area contributed by atoms with E-state index in [9.17, 15) is 4.79 Å². The Balaban J connectivity index is 1.51. The number of hydrogen-bond acceptors (Lipinski definition) is 3. The zero-order valence-corrected chi connectivity index (χ0v) is 21.3. The smallest absolute Gasteiger partial charge is 0.258 e. The van der Waals surface area contributed by atoms with Crippen molar-refractivity contribution in [1.82, 2.24) is 4.57 Å². The number of rotatable bonds is 5. The van der Waals surface area contributed by atoms with E-state index in [0.29, 0.717) is 17.1 Å². The second kappa shape index (κ2) is 9.32. The lowest BCUT2D eigenvalue weighted by molar-refractivity contribution is 0.0969. The van der Waals surface area contributed by atoms with Crippen LogP contribution in [0.2, 0.25) is 0 Å². The number of anilines is 1. The average molecular weight is 491 g/mol. The number of hydrogen-bond donors (Lipinski definition) is 0. The van der Waals surface area contributed by atoms with Crippen LogP contribution in [0.25, 0.3) is 21.8 Å². The Hall–Kier alpha value is -4.25. The number of ether oxygens (including phenoxy) is 2. The highest BCUT2D eigenvalue weighted by Gasteiger charge is 2.37. The Morgan fingerprint density at radius 2 is 1.43 bits per heavy atom. The first-order chi connectivity index (χ1) is 18.2. The van der Waals surface area contributed by atoms with Crippen molar-refractivity contribution in [2.45, 2.75) is 31.8 Å². The fourth-order valence-electron chi connectivity index (χ4n) is 5.94. The molecule has 1 aliphatic heterocycles. The standard InChI is InChI=1S/C32H30N2O3/c1-4-22-20-29(34-26-14-8-5-11-23(26)24-12-6-9-15-27(24)34)25-13-7-10-16-28(25)33(22)32(35)21-17-18-30(36-2)31(19-21)37-3/h5-19,22,29H,4,20H2,1-3H3. The van der Waals surface area contributed by atoms with Gasteiger partial charge in [0.15, 0.2) is 11.5 Å². The summed E-state index contributed by atoms with van der Waals surface area (Å²) in [5.41, 5.74) is 5.15. The normalized spacial score (nSPS) is 17.1. The van der Waals surface area contributed by atoms with Crippen LogP contribution in [0, 0.1) is 0 Å². The number of methoxy groups -OCH3 is 2. The van der Waals surface area contributed by atoms with Gasteiger partial charge >= 0.3 is 0 Å². The second-order valence-corrected chi connectivity index (χ2v) is 9.52. The van der Waals surface area contributed by atoms with Gasteiger partial charge < -0.3 is 18.9 Å². The summed E-state index contributed by atoms with van der Waals surface area (Å²) in [5.74, 6) is 1.13. The van der Waals surface area contributed by atoms with Gasteiger partial charge in [0.25, 0.3) is 5.91 Å². The van der Waals surface area contributed by atoms with Crippen LogP contribution < -0.4 is 14.4 Å². The molecule has 5 nitrogen and oxygen atoms in total. The van der Waals surface area contributed by atoms with E-state index in [1.165, 1.54) is 21.8 Å². The third kappa shape index (κ3) is 3.65. The van der Waals surface area contributed by atoms with Gasteiger partial charge in [0.1, 0.15) is 0 Å². The van der Waals surface area contributed by atoms with Gasteiger partial charge in [-0.3, -0.25) is 4.79 Å². The van der Waals surface area contributed by atoms with Crippen molar-refractivity contribution in [3.63, 3.8) is 0 Å². The molecule has 0 radical (unpaired) electrons. The summed E-state index contributed by atoms with van der Waals surface area (Å²) in [7, 11) is 3.19. The number of nitrogens with zero attached hydrogens (tertiary/aromatic N) is 2. The van der Waals surface area contributed by atoms with Crippen LogP contribution in [0.3, 0.4) is 0 Å². The van der Waals surface area contributed by atoms with Crippen LogP contribution in [-0.2, 0) is 0 Å². The SMILES string of the molecule is CCC1CC(n2c3ccccc3c3ccccc32)c2ccccc2N1C(=O)c1ccc(OC)c(OC)c1. The monoisotopic (exact) mass is 490 g/mol. The molecule has 186 valence electrons. The molecule has 0 saturated carbocycles. The van der Waals surface area contributed by atoms with Gasteiger partial charge in [0.2, 0.25) is 0 Å². The molecule has 1 aliphatic rings. The van der Waals surface area contributed by atoms with Crippen LogP contribution in [0.15, 0.2) is 91.0 Å². The third-order valence-electron chi connectivity index (χ3n) is 7.67. The highest BCUT2D eigenvalue weighted by molar-refractivity contribution is 6.09. The van der Waals surface area contributed by atoms with Crippen molar-refractivity contribution in [2.24, 2.45) is 0 Å². The number of fused-ring (bicyclic) bond motifs is 4. The Morgan fingerprint density at radius 1 is 0.811 bits per heavy atom. The first-order valence-electron chi connectivity index (χ1n) is 12.8. The lowest BCUT2D eigenvalue weighted by Crippen LogP contribution is -2.45. The van der Waals surface area contributed by atoms with E-state index in [-0.39, 0.29) is 18.0 Å². The summed E-state index contributed by atoms with van der Waals surface area (Å²) in [5, 5.41) is 2.51. The summed E-state index contributed by atoms with van der Waals surface area (Å²) in [6.45, 7) is 2.16. The minimum Gasteiger partial charge on any atom is -0.493 e. The summed E-state index contributed by atoms with van der Waals surface area (Å²) >= 11 is 0. The molecular formula is C32H30N2O3. The highest BCUT2D eigenvalue weighted by Crippen LogP contribution is 2.44. The van der Waals surface area contributed by atoms with Crippen molar-refractivity contribution in [1.29, 1.82) is 0 Å². The lowest BCUT2D eigenvalue weighted by atomic mass is 9.88. The molecule has 1 aromatic heterocycles. The second-order valence-electron chi connectivity index (χ2n) is 9.52. The fraction of sp³-hybridized carbons (Fsp3) is 0.219. The molecule has 2 atom stereocenters. The van der Waals surface area contributed by atoms with Crippen molar-refractivity contribution in [2.75, 3.05) is 19.1 Å². The van der Waals surface area contributed by atoms with E-state index in [0.717, 1.165) is 24.1 Å². The quantitative estimate of drug-likeness (QED) is 0.261. The van der Waals surface area contributed by atoms with Crippen molar-refractivity contribution in [3.8, 4) is 11.5 Å². The van der Waals surface area contributed by atoms with Crippen molar-refractivity contribution < 1.29 is 14.3 Å². The predicted molar refractivity (Wildman–Crippen MR) is 149 cm³/mol. The topological polar surface area (TPSA) is 43.7 Å². The van der Waals surface area contributed by atoms with E-state index in [4.69, 9.17) is 9.47 Å². The van der Waals surface area contributed by atoms with Crippen LogP contribution in [0.1, 0.15) is 41.7 Å². The van der Waals surface area contributed by atoms with E-state index in [1.54, 1.807) is 26.4 Å². The van der Waals surface area contributed by atoms with Gasteiger partial charge in [0.05, 0.1) is 20.3 Å². The molecule has 1 amide bonds. The molecule has 2 unspecified atom stereocenters. The summed E-state index contributed by atoms with van der Waals surface area (Å²) in [6, 6.07) is 31.1. The summed E-state index contributed by atoms with van der Waals surface area (Å²) in [6.07, 6.45) is 1.68. The Labute approximate surface area is 216 Å². The maximum absolute atomic E-state index is 14.0. The fourth-order valence-corrected chi connectivity index (χ4v) is 5.94. The number of aromatic nitrogens is 1. The molecule has 0 bridgehead atoms. The minimum atomic E-state index is -0.0269. The van der Waals surface area contributed by atoms with E-state index in [1.807, 2.05) is 17.0 Å². The van der Waals surface area contributed by atoms with Gasteiger partial charge in [0, 0.05) is 39.1 Å². The largest absolute Gasteiger partial charge is 0.493 e. The van der Waals surface area contributed by atoms with Gasteiger partial charge in [-0.2, -0.15) is 0 Å². The number of carbonyl (C=O) groups excluding carboxylic acids is 1. The van der Waals surface area contributed by atoms with Crippen LogP contribution in [0.4, 0.5) is 5.69 Å². The van der Waals surface area contributed by atoms with Gasteiger partial charge in [-0.05, 0) is 54.8 Å². The maximum atomic E-state index is 14.0. The number of amides is 1. The molecule has 0 saturated heterocycles.